The molecule has 6 heteroatoms. The summed E-state index contributed by atoms with van der Waals surface area (Å²) in [6, 6.07) is 14.7. The summed E-state index contributed by atoms with van der Waals surface area (Å²) in [4.78, 5) is 30.1. The minimum absolute atomic E-state index is 0.184. The van der Waals surface area contributed by atoms with E-state index in [-0.39, 0.29) is 17.6 Å². The quantitative estimate of drug-likeness (QED) is 0.735. The maximum atomic E-state index is 13.2. The molecule has 2 aromatic carbocycles. The average molecular weight is 391 g/mol. The van der Waals surface area contributed by atoms with Crippen molar-refractivity contribution in [1.29, 1.82) is 0 Å². The Morgan fingerprint density at radius 1 is 1.00 bits per heavy atom. The lowest BCUT2D eigenvalue weighted by atomic mass is 10.1. The average Bonchev–Trinajstić information content (AvgIpc) is 3.12. The van der Waals surface area contributed by atoms with Crippen LogP contribution in [-0.2, 0) is 0 Å². The molecule has 2 amide bonds. The van der Waals surface area contributed by atoms with Crippen molar-refractivity contribution in [1.82, 2.24) is 9.80 Å². The molecule has 1 saturated heterocycles. The minimum Gasteiger partial charge on any atom is -0.449 e. The van der Waals surface area contributed by atoms with E-state index in [1.54, 1.807) is 17.0 Å². The molecule has 1 aliphatic heterocycles. The maximum absolute atomic E-state index is 13.2. The van der Waals surface area contributed by atoms with Crippen LogP contribution in [-0.4, -0.2) is 54.3 Å². The highest BCUT2D eigenvalue weighted by atomic mass is 16.3. The third-order valence-electron chi connectivity index (χ3n) is 5.45. The first-order valence-electron chi connectivity index (χ1n) is 9.98. The number of benzene rings is 2. The number of anilines is 1. The van der Waals surface area contributed by atoms with Crippen LogP contribution in [0.3, 0.4) is 0 Å². The first-order chi connectivity index (χ1) is 14.1. The number of rotatable bonds is 4. The standard InChI is InChI=1S/C23H25N3O3/c1-3-25-12-14-26(15-13-25)23(28)21-20(18-6-4-5-7-19(18)29-21)24-22(27)17-10-8-16(2)9-11-17/h4-11H,3,12-15H2,1-2H3,(H,24,27). The van der Waals surface area contributed by atoms with Crippen LogP contribution in [0.25, 0.3) is 11.0 Å². The Kier molecular flexibility index (Phi) is 5.36. The first-order valence-corrected chi connectivity index (χ1v) is 9.98. The van der Waals surface area contributed by atoms with Crippen molar-refractivity contribution in [2.45, 2.75) is 13.8 Å². The summed E-state index contributed by atoms with van der Waals surface area (Å²) in [6.45, 7) is 8.05. The van der Waals surface area contributed by atoms with Gasteiger partial charge in [-0.05, 0) is 37.7 Å². The lowest BCUT2D eigenvalue weighted by molar-refractivity contribution is 0.0616. The summed E-state index contributed by atoms with van der Waals surface area (Å²) in [5.74, 6) is -0.255. The van der Waals surface area contributed by atoms with Crippen molar-refractivity contribution in [2.24, 2.45) is 0 Å². The number of hydrogen-bond acceptors (Lipinski definition) is 4. The summed E-state index contributed by atoms with van der Waals surface area (Å²) in [6.07, 6.45) is 0. The van der Waals surface area contributed by atoms with Gasteiger partial charge in [-0.15, -0.1) is 0 Å². The Morgan fingerprint density at radius 3 is 2.38 bits per heavy atom. The lowest BCUT2D eigenvalue weighted by Gasteiger charge is -2.33. The molecule has 29 heavy (non-hydrogen) atoms. The third-order valence-corrected chi connectivity index (χ3v) is 5.45. The van der Waals surface area contributed by atoms with Gasteiger partial charge in [0.25, 0.3) is 11.8 Å². The Labute approximate surface area is 170 Å². The van der Waals surface area contributed by atoms with E-state index in [0.29, 0.717) is 29.9 Å². The van der Waals surface area contributed by atoms with Crippen molar-refractivity contribution in [3.05, 3.63) is 65.4 Å². The number of furan rings is 1. The molecule has 0 unspecified atom stereocenters. The molecule has 1 N–H and O–H groups in total. The second-order valence-electron chi connectivity index (χ2n) is 7.35. The molecule has 6 nitrogen and oxygen atoms in total. The first kappa shape index (κ1) is 19.2. The summed E-state index contributed by atoms with van der Waals surface area (Å²) >= 11 is 0. The minimum atomic E-state index is -0.263. The number of hydrogen-bond donors (Lipinski definition) is 1. The number of aryl methyl sites for hydroxylation is 1. The second-order valence-corrected chi connectivity index (χ2v) is 7.35. The summed E-state index contributed by atoms with van der Waals surface area (Å²) in [5.41, 5.74) is 2.64. The van der Waals surface area contributed by atoms with Crippen LogP contribution in [0.15, 0.2) is 52.9 Å². The SMILES string of the molecule is CCN1CCN(C(=O)c2oc3ccccc3c2NC(=O)c2ccc(C)cc2)CC1. The number of amides is 2. The molecule has 0 saturated carbocycles. The van der Waals surface area contributed by atoms with Crippen molar-refractivity contribution < 1.29 is 14.0 Å². The summed E-state index contributed by atoms with van der Waals surface area (Å²) in [7, 11) is 0. The normalized spacial score (nSPS) is 14.9. The number of fused-ring (bicyclic) bond motifs is 1. The monoisotopic (exact) mass is 391 g/mol. The Morgan fingerprint density at radius 2 is 1.69 bits per heavy atom. The van der Waals surface area contributed by atoms with Gasteiger partial charge < -0.3 is 19.5 Å². The van der Waals surface area contributed by atoms with Gasteiger partial charge in [0.05, 0.1) is 0 Å². The smallest absolute Gasteiger partial charge is 0.291 e. The predicted octanol–water partition coefficient (Wildman–Crippen LogP) is 3.77. The molecule has 1 aliphatic rings. The van der Waals surface area contributed by atoms with Crippen LogP contribution in [0.1, 0.15) is 33.4 Å². The molecule has 4 rings (SSSR count). The molecule has 0 aliphatic carbocycles. The zero-order valence-corrected chi connectivity index (χ0v) is 16.8. The van der Waals surface area contributed by atoms with Gasteiger partial charge in [-0.3, -0.25) is 9.59 Å². The van der Waals surface area contributed by atoms with Crippen LogP contribution >= 0.6 is 0 Å². The van der Waals surface area contributed by atoms with E-state index in [9.17, 15) is 9.59 Å². The number of carbonyl (C=O) groups excluding carboxylic acids is 2. The van der Waals surface area contributed by atoms with Gasteiger partial charge in [0.1, 0.15) is 11.3 Å². The van der Waals surface area contributed by atoms with E-state index in [0.717, 1.165) is 30.6 Å². The van der Waals surface area contributed by atoms with Gasteiger partial charge in [-0.1, -0.05) is 36.8 Å². The number of piperazine rings is 1. The van der Waals surface area contributed by atoms with E-state index < -0.39 is 0 Å². The fraction of sp³-hybridized carbons (Fsp3) is 0.304. The zero-order valence-electron chi connectivity index (χ0n) is 16.8. The van der Waals surface area contributed by atoms with Crippen molar-refractivity contribution in [3.63, 3.8) is 0 Å². The number of nitrogens with zero attached hydrogens (tertiary/aromatic N) is 2. The van der Waals surface area contributed by atoms with Crippen molar-refractivity contribution in [2.75, 3.05) is 38.0 Å². The van der Waals surface area contributed by atoms with E-state index in [2.05, 4.69) is 17.1 Å². The molecule has 0 radical (unpaired) electrons. The Hall–Kier alpha value is -3.12. The van der Waals surface area contributed by atoms with Crippen LogP contribution in [0, 0.1) is 6.92 Å². The third kappa shape index (κ3) is 3.89. The number of carbonyl (C=O) groups is 2. The Bertz CT molecular complexity index is 1030. The highest BCUT2D eigenvalue weighted by molar-refractivity contribution is 6.14. The van der Waals surface area contributed by atoms with Crippen LogP contribution in [0.5, 0.6) is 0 Å². The molecule has 0 bridgehead atoms. The number of nitrogens with one attached hydrogen (secondary N) is 1. The van der Waals surface area contributed by atoms with Crippen LogP contribution in [0.4, 0.5) is 5.69 Å². The molecular weight excluding hydrogens is 366 g/mol. The summed E-state index contributed by atoms with van der Waals surface area (Å²) in [5, 5.41) is 3.64. The highest BCUT2D eigenvalue weighted by Crippen LogP contribution is 2.32. The van der Waals surface area contributed by atoms with E-state index >= 15 is 0 Å². The molecule has 150 valence electrons. The molecule has 3 aromatic rings. The van der Waals surface area contributed by atoms with E-state index in [1.807, 2.05) is 43.3 Å². The highest BCUT2D eigenvalue weighted by Gasteiger charge is 2.28. The molecule has 0 spiro atoms. The zero-order chi connectivity index (χ0) is 20.4. The number of likely N-dealkylation sites (N-methyl/N-ethyl adjacent to an activating group) is 1. The van der Waals surface area contributed by atoms with Crippen molar-refractivity contribution >= 4 is 28.5 Å². The fourth-order valence-corrected chi connectivity index (χ4v) is 3.62. The maximum Gasteiger partial charge on any atom is 0.291 e. The van der Waals surface area contributed by atoms with E-state index in [4.69, 9.17) is 4.42 Å². The molecular formula is C23H25N3O3. The van der Waals surface area contributed by atoms with Gasteiger partial charge in [-0.25, -0.2) is 0 Å². The van der Waals surface area contributed by atoms with Crippen molar-refractivity contribution in [3.8, 4) is 0 Å². The van der Waals surface area contributed by atoms with Gasteiger partial charge >= 0.3 is 0 Å². The molecule has 0 atom stereocenters. The van der Waals surface area contributed by atoms with Gasteiger partial charge in [0.2, 0.25) is 5.76 Å². The summed E-state index contributed by atoms with van der Waals surface area (Å²) < 4.78 is 5.90. The van der Waals surface area contributed by atoms with E-state index in [1.165, 1.54) is 0 Å². The molecule has 2 heterocycles. The number of para-hydroxylation sites is 1. The second kappa shape index (κ2) is 8.09. The largest absolute Gasteiger partial charge is 0.449 e. The molecule has 1 fully saturated rings. The van der Waals surface area contributed by atoms with Gasteiger partial charge in [-0.2, -0.15) is 0 Å². The fourth-order valence-electron chi connectivity index (χ4n) is 3.62. The lowest BCUT2D eigenvalue weighted by Crippen LogP contribution is -2.48. The topological polar surface area (TPSA) is 65.8 Å². The predicted molar refractivity (Wildman–Crippen MR) is 113 cm³/mol. The molecule has 1 aromatic heterocycles. The van der Waals surface area contributed by atoms with Crippen LogP contribution in [0.2, 0.25) is 0 Å². The van der Waals surface area contributed by atoms with Gasteiger partial charge in [0.15, 0.2) is 0 Å². The van der Waals surface area contributed by atoms with Crippen LogP contribution < -0.4 is 5.32 Å². The van der Waals surface area contributed by atoms with Gasteiger partial charge in [0, 0.05) is 37.1 Å². The Balaban J connectivity index is 1.65.